The monoisotopic (exact) mass is 296 g/mol. The summed E-state index contributed by atoms with van der Waals surface area (Å²) in [4.78, 5) is 24.8. The Labute approximate surface area is 127 Å². The fourth-order valence-corrected chi connectivity index (χ4v) is 3.30. The zero-order valence-electron chi connectivity index (χ0n) is 13.2. The van der Waals surface area contributed by atoms with Gasteiger partial charge in [0, 0.05) is 26.1 Å². The minimum absolute atomic E-state index is 0.0296. The molecule has 5 nitrogen and oxygen atoms in total. The van der Waals surface area contributed by atoms with Crippen LogP contribution in [-0.4, -0.2) is 41.6 Å². The third kappa shape index (κ3) is 4.35. The first kappa shape index (κ1) is 16.1. The number of hydrogen-bond donors (Lipinski definition) is 2. The Morgan fingerprint density at radius 1 is 1.38 bits per heavy atom. The van der Waals surface area contributed by atoms with Gasteiger partial charge in [-0.25, -0.2) is 4.79 Å². The van der Waals surface area contributed by atoms with Crippen molar-refractivity contribution >= 4 is 12.0 Å². The molecule has 0 bridgehead atoms. The molecule has 2 amide bonds. The molecule has 0 aromatic rings. The summed E-state index contributed by atoms with van der Waals surface area (Å²) in [6.45, 7) is 6.72. The molecule has 2 N–H and O–H groups in total. The van der Waals surface area contributed by atoms with Crippen molar-refractivity contribution in [2.75, 3.05) is 19.6 Å². The van der Waals surface area contributed by atoms with Gasteiger partial charge in [0.25, 0.3) is 0 Å². The van der Waals surface area contributed by atoms with Crippen LogP contribution in [0.1, 0.15) is 52.4 Å². The number of likely N-dealkylation sites (tertiary alicyclic amines) is 1. The van der Waals surface area contributed by atoms with Crippen molar-refractivity contribution in [1.29, 1.82) is 0 Å². The average Bonchev–Trinajstić information content (AvgIpc) is 3.24. The number of hydrogen-bond acceptors (Lipinski definition) is 2. The fourth-order valence-electron chi connectivity index (χ4n) is 3.30. The Kier molecular flexibility index (Phi) is 5.12. The number of nitrogens with zero attached hydrogens (tertiary/aromatic N) is 1. The Balaban J connectivity index is 1.75. The van der Waals surface area contributed by atoms with Gasteiger partial charge in [0.1, 0.15) is 0 Å². The summed E-state index contributed by atoms with van der Waals surface area (Å²) in [5.74, 6) is 0.201. The Morgan fingerprint density at radius 3 is 2.67 bits per heavy atom. The third-order valence-corrected chi connectivity index (χ3v) is 5.28. The predicted molar refractivity (Wildman–Crippen MR) is 81.1 cm³/mol. The average molecular weight is 296 g/mol. The second kappa shape index (κ2) is 6.67. The topological polar surface area (TPSA) is 69.6 Å². The van der Waals surface area contributed by atoms with E-state index in [1.807, 2.05) is 4.90 Å². The van der Waals surface area contributed by atoms with Gasteiger partial charge in [-0.2, -0.15) is 0 Å². The summed E-state index contributed by atoms with van der Waals surface area (Å²) >= 11 is 0. The van der Waals surface area contributed by atoms with Crippen LogP contribution in [0.3, 0.4) is 0 Å². The lowest BCUT2D eigenvalue weighted by atomic mass is 9.92. The number of piperidine rings is 1. The first-order valence-corrected chi connectivity index (χ1v) is 8.17. The number of urea groups is 1. The number of aliphatic carboxylic acids is 1. The van der Waals surface area contributed by atoms with Crippen LogP contribution in [0.25, 0.3) is 0 Å². The minimum Gasteiger partial charge on any atom is -0.481 e. The molecule has 0 spiro atoms. The third-order valence-electron chi connectivity index (χ3n) is 5.28. The Morgan fingerprint density at radius 2 is 2.10 bits per heavy atom. The molecule has 1 aliphatic carbocycles. The van der Waals surface area contributed by atoms with E-state index in [9.17, 15) is 9.59 Å². The van der Waals surface area contributed by atoms with E-state index in [0.717, 1.165) is 25.9 Å². The number of amides is 2. The summed E-state index contributed by atoms with van der Waals surface area (Å²) in [5.41, 5.74) is 0.328. The molecule has 21 heavy (non-hydrogen) atoms. The van der Waals surface area contributed by atoms with Gasteiger partial charge in [-0.05, 0) is 49.4 Å². The van der Waals surface area contributed by atoms with Crippen LogP contribution < -0.4 is 5.32 Å². The van der Waals surface area contributed by atoms with Crippen LogP contribution in [0, 0.1) is 17.3 Å². The highest BCUT2D eigenvalue weighted by Crippen LogP contribution is 2.51. The molecular weight excluding hydrogens is 268 g/mol. The van der Waals surface area contributed by atoms with Crippen molar-refractivity contribution in [3.8, 4) is 0 Å². The zero-order chi connectivity index (χ0) is 15.5. The molecule has 5 heteroatoms. The Bertz CT molecular complexity index is 391. The van der Waals surface area contributed by atoms with Crippen molar-refractivity contribution in [2.45, 2.75) is 52.4 Å². The summed E-state index contributed by atoms with van der Waals surface area (Å²) in [6.07, 6.45) is 5.32. The van der Waals surface area contributed by atoms with E-state index in [1.54, 1.807) is 0 Å². The molecule has 120 valence electrons. The molecule has 1 saturated carbocycles. The molecular formula is C16H28N2O3. The van der Waals surface area contributed by atoms with Crippen LogP contribution in [0.4, 0.5) is 4.79 Å². The smallest absolute Gasteiger partial charge is 0.317 e. The number of carbonyl (C=O) groups excluding carboxylic acids is 1. The van der Waals surface area contributed by atoms with Crippen molar-refractivity contribution < 1.29 is 14.7 Å². The molecule has 2 fully saturated rings. The van der Waals surface area contributed by atoms with Gasteiger partial charge >= 0.3 is 12.0 Å². The maximum Gasteiger partial charge on any atom is 0.317 e. The molecule has 1 saturated heterocycles. The predicted octanol–water partition coefficient (Wildman–Crippen LogP) is 2.71. The highest BCUT2D eigenvalue weighted by molar-refractivity contribution is 5.74. The van der Waals surface area contributed by atoms with Gasteiger partial charge in [0.15, 0.2) is 0 Å². The zero-order valence-corrected chi connectivity index (χ0v) is 13.2. The van der Waals surface area contributed by atoms with Gasteiger partial charge in [-0.15, -0.1) is 0 Å². The summed E-state index contributed by atoms with van der Waals surface area (Å²) in [5, 5.41) is 11.9. The van der Waals surface area contributed by atoms with Crippen LogP contribution in [0.15, 0.2) is 0 Å². The molecule has 1 unspecified atom stereocenters. The van der Waals surface area contributed by atoms with E-state index in [4.69, 9.17) is 5.11 Å². The van der Waals surface area contributed by atoms with Gasteiger partial charge in [-0.1, -0.05) is 13.8 Å². The molecule has 1 atom stereocenters. The van der Waals surface area contributed by atoms with Crippen LogP contribution >= 0.6 is 0 Å². The maximum atomic E-state index is 12.3. The van der Waals surface area contributed by atoms with Crippen LogP contribution in [-0.2, 0) is 4.79 Å². The fraction of sp³-hybridized carbons (Fsp3) is 0.875. The number of rotatable bonds is 6. The van der Waals surface area contributed by atoms with Crippen molar-refractivity contribution in [3.05, 3.63) is 0 Å². The standard InChI is InChI=1S/C16H28N2O3/c1-12(2)16(7-8-16)11-17-15(21)18-9-3-4-13(10-18)5-6-14(19)20/h12-13H,3-11H2,1-2H3,(H,17,21)(H,19,20). The van der Waals surface area contributed by atoms with Crippen molar-refractivity contribution in [2.24, 2.45) is 17.3 Å². The second-order valence-corrected chi connectivity index (χ2v) is 7.06. The number of nitrogens with one attached hydrogen (secondary N) is 1. The molecule has 0 aromatic carbocycles. The quantitative estimate of drug-likeness (QED) is 0.791. The molecule has 1 heterocycles. The highest BCUT2D eigenvalue weighted by Gasteiger charge is 2.45. The Hall–Kier alpha value is -1.26. The minimum atomic E-state index is -0.746. The normalized spacial score (nSPS) is 24.0. The number of carbonyl (C=O) groups is 2. The summed E-state index contributed by atoms with van der Waals surface area (Å²) < 4.78 is 0. The summed E-state index contributed by atoms with van der Waals surface area (Å²) in [7, 11) is 0. The van der Waals surface area contributed by atoms with Crippen molar-refractivity contribution in [3.63, 3.8) is 0 Å². The second-order valence-electron chi connectivity index (χ2n) is 7.06. The van der Waals surface area contributed by atoms with Gasteiger partial charge < -0.3 is 15.3 Å². The van der Waals surface area contributed by atoms with E-state index < -0.39 is 5.97 Å². The lowest BCUT2D eigenvalue weighted by Crippen LogP contribution is -2.47. The SMILES string of the molecule is CC(C)C1(CNC(=O)N2CCCC(CCC(=O)O)C2)CC1. The molecule has 0 radical (unpaired) electrons. The largest absolute Gasteiger partial charge is 0.481 e. The van der Waals surface area contributed by atoms with Crippen LogP contribution in [0.2, 0.25) is 0 Å². The first-order chi connectivity index (χ1) is 9.93. The number of carboxylic acids is 1. The van der Waals surface area contributed by atoms with E-state index in [0.29, 0.717) is 30.2 Å². The van der Waals surface area contributed by atoms with Crippen molar-refractivity contribution in [1.82, 2.24) is 10.2 Å². The van der Waals surface area contributed by atoms with Crippen LogP contribution in [0.5, 0.6) is 0 Å². The molecule has 0 aromatic heterocycles. The molecule has 2 aliphatic rings. The lowest BCUT2D eigenvalue weighted by molar-refractivity contribution is -0.137. The summed E-state index contributed by atoms with van der Waals surface area (Å²) in [6, 6.07) is 0.0296. The number of carboxylic acid groups (broad SMARTS) is 1. The van der Waals surface area contributed by atoms with E-state index in [2.05, 4.69) is 19.2 Å². The van der Waals surface area contributed by atoms with Gasteiger partial charge in [-0.3, -0.25) is 4.79 Å². The molecule has 1 aliphatic heterocycles. The lowest BCUT2D eigenvalue weighted by Gasteiger charge is -2.33. The van der Waals surface area contributed by atoms with E-state index >= 15 is 0 Å². The maximum absolute atomic E-state index is 12.3. The highest BCUT2D eigenvalue weighted by atomic mass is 16.4. The molecule has 2 rings (SSSR count). The van der Waals surface area contributed by atoms with E-state index in [1.165, 1.54) is 12.8 Å². The van der Waals surface area contributed by atoms with Gasteiger partial charge in [0.2, 0.25) is 0 Å². The van der Waals surface area contributed by atoms with E-state index in [-0.39, 0.29) is 12.5 Å². The first-order valence-electron chi connectivity index (χ1n) is 8.17. The van der Waals surface area contributed by atoms with Gasteiger partial charge in [0.05, 0.1) is 0 Å².